The molecule has 0 amide bonds. The summed E-state index contributed by atoms with van der Waals surface area (Å²) in [7, 11) is 0. The maximum Gasteiger partial charge on any atom is 0.142 e. The molecule has 0 radical (unpaired) electrons. The molecule has 0 aliphatic rings. The number of hydrogen-bond acceptors (Lipinski definition) is 3. The third-order valence-electron chi connectivity index (χ3n) is 4.82. The Balaban J connectivity index is 1.56. The van der Waals surface area contributed by atoms with Gasteiger partial charge in [-0.25, -0.2) is 4.98 Å². The number of aliphatic hydroxyl groups excluding tert-OH is 1. The van der Waals surface area contributed by atoms with Gasteiger partial charge in [0, 0.05) is 29.5 Å². The fourth-order valence-corrected chi connectivity index (χ4v) is 3.29. The Morgan fingerprint density at radius 3 is 2.52 bits per heavy atom. The third-order valence-corrected chi connectivity index (χ3v) is 5.07. The van der Waals surface area contributed by atoms with Crippen LogP contribution in [0, 0.1) is 0 Å². The maximum atomic E-state index is 10.6. The van der Waals surface area contributed by atoms with E-state index in [4.69, 9.17) is 11.6 Å². The van der Waals surface area contributed by atoms with Crippen molar-refractivity contribution in [1.29, 1.82) is 0 Å². The molecule has 3 rings (SSSR count). The van der Waals surface area contributed by atoms with E-state index in [1.54, 1.807) is 6.20 Å². The van der Waals surface area contributed by atoms with Crippen LogP contribution in [0.2, 0.25) is 5.02 Å². The normalized spacial score (nSPS) is 12.9. The van der Waals surface area contributed by atoms with Gasteiger partial charge in [-0.1, -0.05) is 54.1 Å². The van der Waals surface area contributed by atoms with Crippen molar-refractivity contribution in [2.24, 2.45) is 0 Å². The molecule has 0 fully saturated rings. The first kappa shape index (κ1) is 19.6. The Kier molecular flexibility index (Phi) is 6.32. The fraction of sp³-hybridized carbons (Fsp3) is 0.318. The van der Waals surface area contributed by atoms with Crippen molar-refractivity contribution in [1.82, 2.24) is 14.9 Å². The first-order valence-electron chi connectivity index (χ1n) is 9.22. The van der Waals surface area contributed by atoms with E-state index in [0.29, 0.717) is 5.82 Å². The number of aryl methyl sites for hydroxylation is 1. The third kappa shape index (κ3) is 4.98. The van der Waals surface area contributed by atoms with Crippen LogP contribution in [0.4, 0.5) is 0 Å². The highest BCUT2D eigenvalue weighted by molar-refractivity contribution is 6.30. The van der Waals surface area contributed by atoms with Gasteiger partial charge in [0.25, 0.3) is 0 Å². The molecule has 0 saturated carbocycles. The van der Waals surface area contributed by atoms with Gasteiger partial charge in [-0.3, -0.25) is 0 Å². The minimum atomic E-state index is -0.709. The quantitative estimate of drug-likeness (QED) is 0.562. The minimum Gasteiger partial charge on any atom is -0.380 e. The standard InChI is InChI=1S/C22H26ClN3O/c1-22(2,18-9-11-19(23)12-10-18)25-13-6-15-26-16-14-24-21(26)20(27)17-7-4-3-5-8-17/h3-5,7-12,14,16,20,25,27H,6,13,15H2,1-2H3. The molecule has 1 heterocycles. The summed E-state index contributed by atoms with van der Waals surface area (Å²) in [5.41, 5.74) is 1.92. The molecule has 0 bridgehead atoms. The second kappa shape index (κ2) is 8.70. The molecular weight excluding hydrogens is 358 g/mol. The van der Waals surface area contributed by atoms with Crippen LogP contribution in [0.5, 0.6) is 0 Å². The Morgan fingerprint density at radius 1 is 1.11 bits per heavy atom. The largest absolute Gasteiger partial charge is 0.380 e. The van der Waals surface area contributed by atoms with Gasteiger partial charge in [0.2, 0.25) is 0 Å². The van der Waals surface area contributed by atoms with Gasteiger partial charge in [-0.2, -0.15) is 0 Å². The molecule has 2 aromatic carbocycles. The lowest BCUT2D eigenvalue weighted by Crippen LogP contribution is -2.37. The number of nitrogens with one attached hydrogen (secondary N) is 1. The topological polar surface area (TPSA) is 50.1 Å². The summed E-state index contributed by atoms with van der Waals surface area (Å²) in [4.78, 5) is 4.36. The molecule has 142 valence electrons. The molecule has 0 aliphatic heterocycles. The van der Waals surface area contributed by atoms with Crippen molar-refractivity contribution in [3.8, 4) is 0 Å². The molecule has 27 heavy (non-hydrogen) atoms. The fourth-order valence-electron chi connectivity index (χ4n) is 3.16. The van der Waals surface area contributed by atoms with Crippen molar-refractivity contribution >= 4 is 11.6 Å². The number of hydrogen-bond donors (Lipinski definition) is 2. The van der Waals surface area contributed by atoms with Crippen LogP contribution in [0.15, 0.2) is 67.0 Å². The van der Waals surface area contributed by atoms with Gasteiger partial charge >= 0.3 is 0 Å². The number of imidazole rings is 1. The van der Waals surface area contributed by atoms with Gasteiger partial charge < -0.3 is 15.0 Å². The Morgan fingerprint density at radius 2 is 1.81 bits per heavy atom. The van der Waals surface area contributed by atoms with Gasteiger partial charge in [-0.05, 0) is 50.1 Å². The molecule has 3 aromatic rings. The lowest BCUT2D eigenvalue weighted by molar-refractivity contribution is 0.204. The second-order valence-electron chi connectivity index (χ2n) is 7.20. The van der Waals surface area contributed by atoms with Crippen LogP contribution >= 0.6 is 11.6 Å². The molecule has 1 atom stereocenters. The van der Waals surface area contributed by atoms with E-state index in [2.05, 4.69) is 36.3 Å². The monoisotopic (exact) mass is 383 g/mol. The zero-order valence-corrected chi connectivity index (χ0v) is 16.5. The van der Waals surface area contributed by atoms with E-state index in [-0.39, 0.29) is 5.54 Å². The van der Waals surface area contributed by atoms with E-state index < -0.39 is 6.10 Å². The molecule has 0 spiro atoms. The smallest absolute Gasteiger partial charge is 0.142 e. The number of aliphatic hydroxyl groups is 1. The minimum absolute atomic E-state index is 0.133. The van der Waals surface area contributed by atoms with E-state index in [0.717, 1.165) is 30.1 Å². The molecule has 4 nitrogen and oxygen atoms in total. The molecular formula is C22H26ClN3O. The van der Waals surface area contributed by atoms with Crippen molar-refractivity contribution in [2.45, 2.75) is 38.5 Å². The van der Waals surface area contributed by atoms with E-state index in [1.165, 1.54) is 5.56 Å². The van der Waals surface area contributed by atoms with Crippen LogP contribution in [0.25, 0.3) is 0 Å². The van der Waals surface area contributed by atoms with Crippen molar-refractivity contribution in [3.05, 3.63) is 89.0 Å². The van der Waals surface area contributed by atoms with Crippen molar-refractivity contribution in [3.63, 3.8) is 0 Å². The van der Waals surface area contributed by atoms with E-state index in [1.807, 2.05) is 53.2 Å². The molecule has 2 N–H and O–H groups in total. The van der Waals surface area contributed by atoms with Crippen LogP contribution in [0.1, 0.15) is 43.3 Å². The Hall–Kier alpha value is -2.14. The summed E-state index contributed by atoms with van der Waals surface area (Å²) in [6, 6.07) is 17.6. The Bertz CT molecular complexity index is 844. The summed E-state index contributed by atoms with van der Waals surface area (Å²) < 4.78 is 2.02. The second-order valence-corrected chi connectivity index (χ2v) is 7.64. The number of benzene rings is 2. The average molecular weight is 384 g/mol. The first-order chi connectivity index (χ1) is 13.0. The number of halogens is 1. The van der Waals surface area contributed by atoms with Crippen LogP contribution in [0.3, 0.4) is 0 Å². The van der Waals surface area contributed by atoms with Crippen molar-refractivity contribution in [2.75, 3.05) is 6.54 Å². The maximum absolute atomic E-state index is 10.6. The summed E-state index contributed by atoms with van der Waals surface area (Å²) in [5, 5.41) is 15.0. The van der Waals surface area contributed by atoms with Crippen LogP contribution in [-0.4, -0.2) is 21.2 Å². The lowest BCUT2D eigenvalue weighted by atomic mass is 9.94. The molecule has 1 aromatic heterocycles. The van der Waals surface area contributed by atoms with E-state index in [9.17, 15) is 5.11 Å². The van der Waals surface area contributed by atoms with E-state index >= 15 is 0 Å². The van der Waals surface area contributed by atoms with Crippen LogP contribution in [-0.2, 0) is 12.1 Å². The van der Waals surface area contributed by atoms with Gasteiger partial charge in [0.05, 0.1) is 0 Å². The van der Waals surface area contributed by atoms with Gasteiger partial charge in [0.15, 0.2) is 0 Å². The number of nitrogens with zero attached hydrogens (tertiary/aromatic N) is 2. The first-order valence-corrected chi connectivity index (χ1v) is 9.60. The predicted molar refractivity (Wildman–Crippen MR) is 110 cm³/mol. The summed E-state index contributed by atoms with van der Waals surface area (Å²) in [6.07, 6.45) is 3.89. The lowest BCUT2D eigenvalue weighted by Gasteiger charge is -2.27. The number of aromatic nitrogens is 2. The number of rotatable bonds is 8. The zero-order chi connectivity index (χ0) is 19.3. The summed E-state index contributed by atoms with van der Waals surface area (Å²) >= 11 is 5.98. The average Bonchev–Trinajstić information content (AvgIpc) is 3.14. The highest BCUT2D eigenvalue weighted by Gasteiger charge is 2.19. The SMILES string of the molecule is CC(C)(NCCCn1ccnc1C(O)c1ccccc1)c1ccc(Cl)cc1. The molecule has 0 saturated heterocycles. The highest BCUT2D eigenvalue weighted by Crippen LogP contribution is 2.22. The summed E-state index contributed by atoms with van der Waals surface area (Å²) in [5.74, 6) is 0.679. The molecule has 1 unspecified atom stereocenters. The molecule has 5 heteroatoms. The zero-order valence-electron chi connectivity index (χ0n) is 15.8. The van der Waals surface area contributed by atoms with Crippen LogP contribution < -0.4 is 5.32 Å². The van der Waals surface area contributed by atoms with Crippen molar-refractivity contribution < 1.29 is 5.11 Å². The van der Waals surface area contributed by atoms with Gasteiger partial charge in [0.1, 0.15) is 11.9 Å². The Labute approximate surface area is 165 Å². The summed E-state index contributed by atoms with van der Waals surface area (Å²) in [6.45, 7) is 5.98. The predicted octanol–water partition coefficient (Wildman–Crippen LogP) is 4.53. The molecule has 0 aliphatic carbocycles. The highest BCUT2D eigenvalue weighted by atomic mass is 35.5. The van der Waals surface area contributed by atoms with Gasteiger partial charge in [-0.15, -0.1) is 0 Å².